The van der Waals surface area contributed by atoms with E-state index in [2.05, 4.69) is 6.58 Å². The van der Waals surface area contributed by atoms with Gasteiger partial charge in [-0.05, 0) is 19.8 Å². The van der Waals surface area contributed by atoms with Gasteiger partial charge < -0.3 is 9.47 Å². The number of carbonyl (C=O) groups excluding carboxylic acids is 1. The molecule has 1 aliphatic heterocycles. The van der Waals surface area contributed by atoms with Crippen molar-refractivity contribution in [3.63, 3.8) is 0 Å². The molecule has 3 nitrogen and oxygen atoms in total. The number of ether oxygens (including phenoxy) is 2. The van der Waals surface area contributed by atoms with Gasteiger partial charge in [0.2, 0.25) is 0 Å². The third kappa shape index (κ3) is 2.66. The van der Waals surface area contributed by atoms with Crippen molar-refractivity contribution < 1.29 is 14.3 Å². The van der Waals surface area contributed by atoms with Gasteiger partial charge in [0.1, 0.15) is 6.61 Å². The van der Waals surface area contributed by atoms with Gasteiger partial charge in [-0.25, -0.2) is 4.79 Å². The zero-order chi connectivity index (χ0) is 8.97. The highest BCUT2D eigenvalue weighted by atomic mass is 16.6. The second kappa shape index (κ2) is 4.26. The minimum atomic E-state index is -0.377. The summed E-state index contributed by atoms with van der Waals surface area (Å²) in [5, 5.41) is 0. The van der Waals surface area contributed by atoms with Gasteiger partial charge in [0.15, 0.2) is 0 Å². The van der Waals surface area contributed by atoms with Crippen LogP contribution in [0.5, 0.6) is 0 Å². The summed E-state index contributed by atoms with van der Waals surface area (Å²) < 4.78 is 10.3. The lowest BCUT2D eigenvalue weighted by atomic mass is 10.2. The topological polar surface area (TPSA) is 35.5 Å². The van der Waals surface area contributed by atoms with Crippen LogP contribution >= 0.6 is 0 Å². The third-order valence-electron chi connectivity index (χ3n) is 1.90. The number of rotatable bonds is 3. The van der Waals surface area contributed by atoms with E-state index in [-0.39, 0.29) is 12.1 Å². The molecule has 2 atom stereocenters. The summed E-state index contributed by atoms with van der Waals surface area (Å²) in [4.78, 5) is 10.7. The molecule has 0 amide bonds. The Bertz CT molecular complexity index is 177. The van der Waals surface area contributed by atoms with Crippen LogP contribution in [0.3, 0.4) is 0 Å². The van der Waals surface area contributed by atoms with Gasteiger partial charge >= 0.3 is 5.97 Å². The molecule has 0 aromatic rings. The van der Waals surface area contributed by atoms with Crippen LogP contribution < -0.4 is 0 Å². The van der Waals surface area contributed by atoms with Crippen molar-refractivity contribution in [2.75, 3.05) is 6.61 Å². The van der Waals surface area contributed by atoms with Crippen LogP contribution in [0.15, 0.2) is 12.7 Å². The first-order valence-corrected chi connectivity index (χ1v) is 4.17. The lowest BCUT2D eigenvalue weighted by Gasteiger charge is -2.09. The minimum absolute atomic E-state index is 0.0869. The van der Waals surface area contributed by atoms with Crippen LogP contribution in [0.4, 0.5) is 0 Å². The molecule has 1 fully saturated rings. The van der Waals surface area contributed by atoms with Gasteiger partial charge in [-0.2, -0.15) is 0 Å². The first-order chi connectivity index (χ1) is 5.72. The van der Waals surface area contributed by atoms with Crippen LogP contribution in [0.1, 0.15) is 19.8 Å². The quantitative estimate of drug-likeness (QED) is 0.473. The Morgan fingerprint density at radius 2 is 2.50 bits per heavy atom. The fraction of sp³-hybridized carbons (Fsp3) is 0.667. The summed E-state index contributed by atoms with van der Waals surface area (Å²) in [5.74, 6) is -0.377. The highest BCUT2D eigenvalue weighted by molar-refractivity contribution is 5.81. The molecule has 0 radical (unpaired) electrons. The van der Waals surface area contributed by atoms with Gasteiger partial charge in [0.05, 0.1) is 12.2 Å². The van der Waals surface area contributed by atoms with Gasteiger partial charge in [-0.1, -0.05) is 6.58 Å². The van der Waals surface area contributed by atoms with Crippen molar-refractivity contribution in [3.05, 3.63) is 12.7 Å². The zero-order valence-electron chi connectivity index (χ0n) is 7.29. The van der Waals surface area contributed by atoms with Crippen LogP contribution in [0, 0.1) is 0 Å². The standard InChI is InChI=1S/C9H14O3/c1-3-9(10)11-6-8-5-4-7(2)12-8/h3,7-8H,1,4-6H2,2H3. The van der Waals surface area contributed by atoms with Crippen molar-refractivity contribution in [2.24, 2.45) is 0 Å². The first kappa shape index (κ1) is 9.26. The third-order valence-corrected chi connectivity index (χ3v) is 1.90. The maximum Gasteiger partial charge on any atom is 0.330 e. The normalized spacial score (nSPS) is 28.4. The molecule has 1 heterocycles. The molecule has 2 unspecified atom stereocenters. The second-order valence-corrected chi connectivity index (χ2v) is 2.98. The lowest BCUT2D eigenvalue weighted by molar-refractivity contribution is -0.141. The Labute approximate surface area is 72.4 Å². The van der Waals surface area contributed by atoms with E-state index in [9.17, 15) is 4.79 Å². The summed E-state index contributed by atoms with van der Waals surface area (Å²) >= 11 is 0. The van der Waals surface area contributed by atoms with Gasteiger partial charge in [-0.15, -0.1) is 0 Å². The van der Waals surface area contributed by atoms with Crippen LogP contribution in [-0.4, -0.2) is 24.8 Å². The minimum Gasteiger partial charge on any atom is -0.460 e. The Hall–Kier alpha value is -0.830. The summed E-state index contributed by atoms with van der Waals surface area (Å²) in [6.45, 7) is 5.68. The Balaban J connectivity index is 2.15. The summed E-state index contributed by atoms with van der Waals surface area (Å²) in [6, 6.07) is 0. The van der Waals surface area contributed by atoms with E-state index >= 15 is 0 Å². The highest BCUT2D eigenvalue weighted by Gasteiger charge is 2.22. The van der Waals surface area contributed by atoms with E-state index in [0.29, 0.717) is 12.7 Å². The predicted octanol–water partition coefficient (Wildman–Crippen LogP) is 1.28. The summed E-state index contributed by atoms with van der Waals surface area (Å²) in [5.41, 5.74) is 0. The van der Waals surface area contributed by atoms with Gasteiger partial charge in [0.25, 0.3) is 0 Å². The fourth-order valence-corrected chi connectivity index (χ4v) is 1.24. The number of hydrogen-bond donors (Lipinski definition) is 0. The Morgan fingerprint density at radius 1 is 1.75 bits per heavy atom. The predicted molar refractivity (Wildman–Crippen MR) is 44.7 cm³/mol. The number of carbonyl (C=O) groups is 1. The Kier molecular flexibility index (Phi) is 3.29. The largest absolute Gasteiger partial charge is 0.460 e. The van der Waals surface area contributed by atoms with Crippen molar-refractivity contribution in [3.8, 4) is 0 Å². The molecular formula is C9H14O3. The molecule has 0 spiro atoms. The van der Waals surface area contributed by atoms with Crippen molar-refractivity contribution in [1.29, 1.82) is 0 Å². The van der Waals surface area contributed by atoms with E-state index in [1.165, 1.54) is 6.08 Å². The van der Waals surface area contributed by atoms with Crippen LogP contribution in [0.2, 0.25) is 0 Å². The van der Waals surface area contributed by atoms with E-state index in [1.54, 1.807) is 0 Å². The molecular weight excluding hydrogens is 156 g/mol. The molecule has 68 valence electrons. The maximum atomic E-state index is 10.7. The summed E-state index contributed by atoms with van der Waals surface area (Å²) in [6.07, 6.45) is 3.58. The molecule has 0 aromatic carbocycles. The zero-order valence-corrected chi connectivity index (χ0v) is 7.29. The lowest BCUT2D eigenvalue weighted by Crippen LogP contribution is -2.17. The van der Waals surface area contributed by atoms with E-state index in [1.807, 2.05) is 6.92 Å². The molecule has 12 heavy (non-hydrogen) atoms. The molecule has 0 aromatic heterocycles. The molecule has 0 N–H and O–H groups in total. The van der Waals surface area contributed by atoms with Crippen molar-refractivity contribution in [2.45, 2.75) is 32.0 Å². The van der Waals surface area contributed by atoms with Crippen molar-refractivity contribution in [1.82, 2.24) is 0 Å². The first-order valence-electron chi connectivity index (χ1n) is 4.17. The monoisotopic (exact) mass is 170 g/mol. The molecule has 0 saturated carbocycles. The molecule has 1 saturated heterocycles. The van der Waals surface area contributed by atoms with E-state index in [0.717, 1.165) is 12.8 Å². The Morgan fingerprint density at radius 3 is 3.00 bits per heavy atom. The number of esters is 1. The average Bonchev–Trinajstić information content (AvgIpc) is 2.47. The van der Waals surface area contributed by atoms with Gasteiger partial charge in [0, 0.05) is 6.08 Å². The van der Waals surface area contributed by atoms with Crippen LogP contribution in [0.25, 0.3) is 0 Å². The van der Waals surface area contributed by atoms with Crippen molar-refractivity contribution >= 4 is 5.97 Å². The maximum absolute atomic E-state index is 10.7. The smallest absolute Gasteiger partial charge is 0.330 e. The molecule has 1 aliphatic rings. The second-order valence-electron chi connectivity index (χ2n) is 2.98. The summed E-state index contributed by atoms with van der Waals surface area (Å²) in [7, 11) is 0. The molecule has 0 bridgehead atoms. The fourth-order valence-electron chi connectivity index (χ4n) is 1.24. The average molecular weight is 170 g/mol. The van der Waals surface area contributed by atoms with E-state index in [4.69, 9.17) is 9.47 Å². The van der Waals surface area contributed by atoms with Crippen LogP contribution in [-0.2, 0) is 14.3 Å². The molecule has 0 aliphatic carbocycles. The molecule has 1 rings (SSSR count). The SMILES string of the molecule is C=CC(=O)OCC1CCC(C)O1. The highest BCUT2D eigenvalue weighted by Crippen LogP contribution is 2.18. The number of hydrogen-bond acceptors (Lipinski definition) is 3. The molecule has 3 heteroatoms. The van der Waals surface area contributed by atoms with Gasteiger partial charge in [-0.3, -0.25) is 0 Å². The van der Waals surface area contributed by atoms with E-state index < -0.39 is 0 Å².